The molecular weight excluding hydrogens is 470 g/mol. The van der Waals surface area contributed by atoms with Crippen LogP contribution in [0.3, 0.4) is 0 Å². The molecule has 1 aromatic heterocycles. The van der Waals surface area contributed by atoms with Gasteiger partial charge >= 0.3 is 0 Å². The first-order valence-electron chi connectivity index (χ1n) is 12.7. The topological polar surface area (TPSA) is 74.1 Å². The molecule has 6 heteroatoms. The van der Waals surface area contributed by atoms with Crippen LogP contribution in [0.2, 0.25) is 0 Å². The number of anilines is 3. The molecule has 0 saturated heterocycles. The first kappa shape index (κ1) is 23.5. The summed E-state index contributed by atoms with van der Waals surface area (Å²) >= 11 is 0. The molecule has 2 unspecified atom stereocenters. The summed E-state index contributed by atoms with van der Waals surface area (Å²) in [5.41, 5.74) is 5.98. The number of likely N-dealkylation sites (N-methyl/N-ethyl adjacent to an activating group) is 1. The van der Waals surface area contributed by atoms with E-state index < -0.39 is 0 Å². The average molecular weight is 498 g/mol. The number of hydrogen-bond acceptors (Lipinski definition) is 6. The van der Waals surface area contributed by atoms with Crippen LogP contribution in [-0.2, 0) is 0 Å². The number of nitriles is 1. The molecule has 0 amide bonds. The van der Waals surface area contributed by atoms with Gasteiger partial charge in [-0.05, 0) is 48.4 Å². The largest absolute Gasteiger partial charge is 0.497 e. The second kappa shape index (κ2) is 9.87. The minimum absolute atomic E-state index is 0.0641. The third-order valence-corrected chi connectivity index (χ3v) is 7.16. The van der Waals surface area contributed by atoms with Gasteiger partial charge in [-0.25, -0.2) is 9.97 Å². The van der Waals surface area contributed by atoms with E-state index in [0.29, 0.717) is 5.82 Å². The van der Waals surface area contributed by atoms with Gasteiger partial charge in [-0.1, -0.05) is 60.7 Å². The summed E-state index contributed by atoms with van der Waals surface area (Å²) in [7, 11) is 1.67. The second-order valence-corrected chi connectivity index (χ2v) is 9.29. The van der Waals surface area contributed by atoms with Gasteiger partial charge in [0, 0.05) is 34.9 Å². The fourth-order valence-corrected chi connectivity index (χ4v) is 5.33. The van der Waals surface area contributed by atoms with Crippen molar-refractivity contribution in [1.82, 2.24) is 9.97 Å². The lowest BCUT2D eigenvalue weighted by atomic mass is 9.91. The highest BCUT2D eigenvalue weighted by Crippen LogP contribution is 2.49. The fraction of sp³-hybridized carbons (Fsp3) is 0.156. The smallest absolute Gasteiger partial charge is 0.162 e. The number of benzene rings is 4. The summed E-state index contributed by atoms with van der Waals surface area (Å²) in [4.78, 5) is 12.0. The summed E-state index contributed by atoms with van der Waals surface area (Å²) < 4.78 is 5.45. The summed E-state index contributed by atoms with van der Waals surface area (Å²) in [5, 5.41) is 14.6. The van der Waals surface area contributed by atoms with E-state index in [0.717, 1.165) is 57.1 Å². The number of nitrogens with one attached hydrogen (secondary N) is 1. The summed E-state index contributed by atoms with van der Waals surface area (Å²) in [6.07, 6.45) is 0. The molecule has 6 rings (SSSR count). The van der Waals surface area contributed by atoms with Gasteiger partial charge in [0.25, 0.3) is 0 Å². The molecule has 0 radical (unpaired) electrons. The van der Waals surface area contributed by atoms with Crippen molar-refractivity contribution in [2.45, 2.75) is 18.9 Å². The number of ether oxygens (including phenoxy) is 1. The molecular formula is C32H27N5O. The zero-order valence-corrected chi connectivity index (χ0v) is 21.3. The van der Waals surface area contributed by atoms with E-state index in [2.05, 4.69) is 47.5 Å². The van der Waals surface area contributed by atoms with Crippen molar-refractivity contribution < 1.29 is 4.74 Å². The number of nitrogens with zero attached hydrogens (tertiary/aromatic N) is 4. The molecule has 6 nitrogen and oxygen atoms in total. The third kappa shape index (κ3) is 4.08. The van der Waals surface area contributed by atoms with Crippen molar-refractivity contribution in [3.8, 4) is 23.2 Å². The maximum atomic E-state index is 10.1. The van der Waals surface area contributed by atoms with Crippen LogP contribution in [0, 0.1) is 11.3 Å². The number of rotatable bonds is 6. The van der Waals surface area contributed by atoms with Crippen molar-refractivity contribution in [2.24, 2.45) is 0 Å². The standard InChI is InChI=1S/C32H27N5O/c1-3-37-29-19-24(38-2)17-18-25(29)27(20-33)30(37)21-13-15-23(16-14-21)34-32-26-11-7-8-12-28(26)35-31(36-32)22-9-5-4-6-10-22/h4-19,27,30H,3H2,1-2H3,(H,34,35,36). The Kier molecular flexibility index (Phi) is 6.11. The van der Waals surface area contributed by atoms with Crippen LogP contribution in [0.25, 0.3) is 22.3 Å². The number of hydrogen-bond donors (Lipinski definition) is 1. The summed E-state index contributed by atoms with van der Waals surface area (Å²) in [6, 6.07) is 34.8. The van der Waals surface area contributed by atoms with Crippen LogP contribution in [0.1, 0.15) is 30.0 Å². The fourth-order valence-electron chi connectivity index (χ4n) is 5.33. The Morgan fingerprint density at radius 1 is 0.921 bits per heavy atom. The highest BCUT2D eigenvalue weighted by molar-refractivity contribution is 5.92. The van der Waals surface area contributed by atoms with Gasteiger partial charge in [0.1, 0.15) is 11.6 Å². The molecule has 5 aromatic rings. The highest BCUT2D eigenvalue weighted by atomic mass is 16.5. The Morgan fingerprint density at radius 2 is 1.68 bits per heavy atom. The average Bonchev–Trinajstić information content (AvgIpc) is 3.30. The second-order valence-electron chi connectivity index (χ2n) is 9.29. The molecule has 186 valence electrons. The van der Waals surface area contributed by atoms with Crippen molar-refractivity contribution in [3.05, 3.63) is 108 Å². The SMILES string of the molecule is CCN1c2cc(OC)ccc2C(C#N)C1c1ccc(Nc2nc(-c3ccccc3)nc3ccccc23)cc1. The van der Waals surface area contributed by atoms with Crippen LogP contribution in [0.15, 0.2) is 97.1 Å². The highest BCUT2D eigenvalue weighted by Gasteiger charge is 2.39. The Morgan fingerprint density at radius 3 is 2.42 bits per heavy atom. The lowest BCUT2D eigenvalue weighted by molar-refractivity contribution is 0.415. The van der Waals surface area contributed by atoms with Gasteiger partial charge in [-0.15, -0.1) is 0 Å². The lowest BCUT2D eigenvalue weighted by Gasteiger charge is -2.28. The van der Waals surface area contributed by atoms with Crippen molar-refractivity contribution in [2.75, 3.05) is 23.9 Å². The lowest BCUT2D eigenvalue weighted by Crippen LogP contribution is -2.26. The van der Waals surface area contributed by atoms with Gasteiger partial charge < -0.3 is 15.0 Å². The predicted molar refractivity (Wildman–Crippen MR) is 152 cm³/mol. The van der Waals surface area contributed by atoms with E-state index in [9.17, 15) is 5.26 Å². The first-order chi connectivity index (χ1) is 18.7. The molecule has 1 N–H and O–H groups in total. The Labute approximate surface area is 222 Å². The Bertz CT molecular complexity index is 1640. The third-order valence-electron chi connectivity index (χ3n) is 7.16. The molecule has 2 heterocycles. The molecule has 0 aliphatic carbocycles. The van der Waals surface area contributed by atoms with Crippen molar-refractivity contribution >= 4 is 28.1 Å². The van der Waals surface area contributed by atoms with Crippen LogP contribution < -0.4 is 15.0 Å². The van der Waals surface area contributed by atoms with Gasteiger partial charge in [0.05, 0.1) is 30.7 Å². The normalized spacial score (nSPS) is 16.2. The maximum Gasteiger partial charge on any atom is 0.162 e. The number of aromatic nitrogens is 2. The van der Waals surface area contributed by atoms with E-state index in [1.807, 2.05) is 72.8 Å². The van der Waals surface area contributed by atoms with E-state index in [-0.39, 0.29) is 12.0 Å². The Hall–Kier alpha value is -4.89. The van der Waals surface area contributed by atoms with Crippen LogP contribution >= 0.6 is 0 Å². The maximum absolute atomic E-state index is 10.1. The minimum atomic E-state index is -0.256. The molecule has 1 aliphatic heterocycles. The molecule has 2 atom stereocenters. The molecule has 4 aromatic carbocycles. The molecule has 0 spiro atoms. The van der Waals surface area contributed by atoms with Gasteiger partial charge in [-0.2, -0.15) is 5.26 Å². The van der Waals surface area contributed by atoms with Gasteiger partial charge in [-0.3, -0.25) is 0 Å². The first-order valence-corrected chi connectivity index (χ1v) is 12.7. The molecule has 0 bridgehead atoms. The van der Waals surface area contributed by atoms with Crippen LogP contribution in [0.5, 0.6) is 5.75 Å². The van der Waals surface area contributed by atoms with E-state index in [1.165, 1.54) is 0 Å². The number of para-hydroxylation sites is 1. The summed E-state index contributed by atoms with van der Waals surface area (Å²) in [6.45, 7) is 2.91. The van der Waals surface area contributed by atoms with Crippen molar-refractivity contribution in [3.63, 3.8) is 0 Å². The van der Waals surface area contributed by atoms with E-state index in [1.54, 1.807) is 7.11 Å². The Balaban J connectivity index is 1.33. The number of methoxy groups -OCH3 is 1. The van der Waals surface area contributed by atoms with E-state index in [4.69, 9.17) is 14.7 Å². The molecule has 1 aliphatic rings. The van der Waals surface area contributed by atoms with E-state index >= 15 is 0 Å². The van der Waals surface area contributed by atoms with Crippen LogP contribution in [0.4, 0.5) is 17.2 Å². The predicted octanol–water partition coefficient (Wildman–Crippen LogP) is 7.24. The van der Waals surface area contributed by atoms with Crippen molar-refractivity contribution in [1.29, 1.82) is 5.26 Å². The zero-order chi connectivity index (χ0) is 26.1. The van der Waals surface area contributed by atoms with Gasteiger partial charge in [0.2, 0.25) is 0 Å². The quantitative estimate of drug-likeness (QED) is 0.267. The monoisotopic (exact) mass is 497 g/mol. The molecule has 0 saturated carbocycles. The summed E-state index contributed by atoms with van der Waals surface area (Å²) in [5.74, 6) is 1.98. The molecule has 38 heavy (non-hydrogen) atoms. The molecule has 0 fully saturated rings. The zero-order valence-electron chi connectivity index (χ0n) is 21.3. The minimum Gasteiger partial charge on any atom is -0.497 e. The van der Waals surface area contributed by atoms with Crippen LogP contribution in [-0.4, -0.2) is 23.6 Å². The van der Waals surface area contributed by atoms with Gasteiger partial charge in [0.15, 0.2) is 5.82 Å². The number of fused-ring (bicyclic) bond motifs is 2.